The lowest BCUT2D eigenvalue weighted by molar-refractivity contribution is -0.152. The highest BCUT2D eigenvalue weighted by Crippen LogP contribution is 2.38. The van der Waals surface area contributed by atoms with Gasteiger partial charge < -0.3 is 36.1 Å². The monoisotopic (exact) mass is 685 g/mol. The number of nitriles is 2. The van der Waals surface area contributed by atoms with Gasteiger partial charge in [-0.25, -0.2) is 9.78 Å². The summed E-state index contributed by atoms with van der Waals surface area (Å²) in [6, 6.07) is 7.14. The fraction of sp³-hybridized carbons (Fsp3) is 0.500. The smallest absolute Gasteiger partial charge is 0.407 e. The molecule has 2 aromatic heterocycles. The largest absolute Gasteiger partial charge is 0.458 e. The molecule has 2 aliphatic rings. The molecule has 0 radical (unpaired) electrons. The molecule has 1 amide bonds. The number of ether oxygens (including phenoxy) is 2. The standard InChI is InChI=1S/C30H36ClN11O4.ClH/c1-3-35-27-28-36-15-20(14-33)42(28)40-29(39-27)37-22-10-18(13-32)11-23(26(22)31)41-9-8-21(38-30(44)45-2)24(16-41)46-25(43)12-17-4-6-19(34)7-5-17;/h10-11,15,17,19,21,24H,3-9,12,16,34H2,1-2H3,(H,38,44)(H2,35,37,39,40);1H/t17-,19-,21-,24-;/m1./s1. The Kier molecular flexibility index (Phi) is 11.9. The number of esters is 1. The first-order valence-corrected chi connectivity index (χ1v) is 15.6. The van der Waals surface area contributed by atoms with E-state index in [1.54, 1.807) is 12.1 Å². The number of carbonyl (C=O) groups excluding carboxylic acids is 2. The number of nitrogens with two attached hydrogens (primary N) is 1. The number of carbonyl (C=O) groups is 2. The number of piperidine rings is 1. The van der Waals surface area contributed by atoms with Gasteiger partial charge in [0.05, 0.1) is 53.9 Å². The third-order valence-electron chi connectivity index (χ3n) is 8.27. The summed E-state index contributed by atoms with van der Waals surface area (Å²) in [4.78, 5) is 35.9. The molecule has 1 aliphatic carbocycles. The van der Waals surface area contributed by atoms with Crippen LogP contribution in [0.25, 0.3) is 5.65 Å². The predicted molar refractivity (Wildman–Crippen MR) is 177 cm³/mol. The van der Waals surface area contributed by atoms with Crippen LogP contribution in [0.5, 0.6) is 0 Å². The lowest BCUT2D eigenvalue weighted by Crippen LogP contribution is -2.56. The number of amides is 1. The van der Waals surface area contributed by atoms with Gasteiger partial charge in [0.2, 0.25) is 5.95 Å². The van der Waals surface area contributed by atoms with Crippen LogP contribution < -0.4 is 26.6 Å². The number of rotatable bonds is 9. The molecule has 0 spiro atoms. The van der Waals surface area contributed by atoms with Crippen molar-refractivity contribution in [2.75, 3.05) is 42.3 Å². The van der Waals surface area contributed by atoms with E-state index >= 15 is 0 Å². The van der Waals surface area contributed by atoms with Gasteiger partial charge in [-0.05, 0) is 57.1 Å². The predicted octanol–water partition coefficient (Wildman–Crippen LogP) is 3.87. The molecule has 1 saturated carbocycles. The van der Waals surface area contributed by atoms with Crippen LogP contribution in [0.4, 0.5) is 27.9 Å². The number of methoxy groups -OCH3 is 1. The van der Waals surface area contributed by atoms with Crippen LogP contribution in [0, 0.1) is 28.6 Å². The second kappa shape index (κ2) is 15.8. The van der Waals surface area contributed by atoms with Crippen molar-refractivity contribution < 1.29 is 19.1 Å². The summed E-state index contributed by atoms with van der Waals surface area (Å²) < 4.78 is 12.2. The number of anilines is 4. The first-order valence-electron chi connectivity index (χ1n) is 15.2. The molecule has 1 aromatic carbocycles. The minimum atomic E-state index is -0.705. The zero-order valence-electron chi connectivity index (χ0n) is 26.0. The molecular formula is C30H37Cl2N11O4. The van der Waals surface area contributed by atoms with E-state index in [0.717, 1.165) is 25.7 Å². The molecule has 250 valence electrons. The first-order chi connectivity index (χ1) is 22.2. The normalized spacial score (nSPS) is 20.7. The Labute approximate surface area is 283 Å². The molecule has 0 unspecified atom stereocenters. The molecule has 5 rings (SSSR count). The Morgan fingerprint density at radius 1 is 1.17 bits per heavy atom. The van der Waals surface area contributed by atoms with E-state index in [0.29, 0.717) is 47.9 Å². The Morgan fingerprint density at radius 2 is 1.94 bits per heavy atom. The molecule has 1 saturated heterocycles. The van der Waals surface area contributed by atoms with E-state index in [-0.39, 0.29) is 60.0 Å². The molecule has 1 aliphatic heterocycles. The minimum Gasteiger partial charge on any atom is -0.458 e. The maximum absolute atomic E-state index is 13.1. The number of aromatic nitrogens is 4. The van der Waals surface area contributed by atoms with E-state index in [9.17, 15) is 20.1 Å². The maximum atomic E-state index is 13.1. The summed E-state index contributed by atoms with van der Waals surface area (Å²) in [7, 11) is 1.28. The zero-order chi connectivity index (χ0) is 32.8. The first kappa shape index (κ1) is 35.3. The molecule has 5 N–H and O–H groups in total. The zero-order valence-corrected chi connectivity index (χ0v) is 27.6. The van der Waals surface area contributed by atoms with Gasteiger partial charge in [0.1, 0.15) is 12.2 Å². The Bertz CT molecular complexity index is 1680. The fourth-order valence-electron chi connectivity index (χ4n) is 5.89. The van der Waals surface area contributed by atoms with E-state index < -0.39 is 18.2 Å². The van der Waals surface area contributed by atoms with Gasteiger partial charge in [0.25, 0.3) is 0 Å². The van der Waals surface area contributed by atoms with Crippen LogP contribution >= 0.6 is 24.0 Å². The van der Waals surface area contributed by atoms with Crippen molar-refractivity contribution in [1.29, 1.82) is 10.5 Å². The van der Waals surface area contributed by atoms with Crippen LogP contribution in [-0.4, -0.2) is 76.6 Å². The number of imidazole rings is 1. The second-order valence-corrected chi connectivity index (χ2v) is 11.8. The number of fused-ring (bicyclic) bond motifs is 1. The molecule has 0 bridgehead atoms. The number of hydrogen-bond acceptors (Lipinski definition) is 13. The Hall–Kier alpha value is -4.57. The summed E-state index contributed by atoms with van der Waals surface area (Å²) in [6.07, 6.45) is 4.27. The quantitative estimate of drug-likeness (QED) is 0.236. The van der Waals surface area contributed by atoms with Gasteiger partial charge in [-0.1, -0.05) is 11.6 Å². The molecule has 2 atom stereocenters. The highest BCUT2D eigenvalue weighted by molar-refractivity contribution is 6.36. The lowest BCUT2D eigenvalue weighted by atomic mass is 9.84. The Morgan fingerprint density at radius 3 is 2.62 bits per heavy atom. The molecule has 15 nitrogen and oxygen atoms in total. The number of benzene rings is 1. The van der Waals surface area contributed by atoms with Gasteiger partial charge in [0, 0.05) is 25.6 Å². The average molecular weight is 687 g/mol. The third-order valence-corrected chi connectivity index (χ3v) is 8.67. The van der Waals surface area contributed by atoms with Crippen molar-refractivity contribution in [3.63, 3.8) is 0 Å². The van der Waals surface area contributed by atoms with Gasteiger partial charge in [0.15, 0.2) is 17.2 Å². The highest BCUT2D eigenvalue weighted by Gasteiger charge is 2.35. The number of nitrogens with zero attached hydrogens (tertiary/aromatic N) is 7. The number of alkyl carbamates (subject to hydrolysis) is 1. The molecule has 3 aromatic rings. The van der Waals surface area contributed by atoms with Gasteiger partial charge in [-0.15, -0.1) is 17.5 Å². The van der Waals surface area contributed by atoms with Crippen molar-refractivity contribution in [2.24, 2.45) is 11.7 Å². The van der Waals surface area contributed by atoms with Crippen molar-refractivity contribution >= 4 is 64.9 Å². The average Bonchev–Trinajstić information content (AvgIpc) is 3.47. The molecular weight excluding hydrogens is 649 g/mol. The fourth-order valence-corrected chi connectivity index (χ4v) is 6.16. The summed E-state index contributed by atoms with van der Waals surface area (Å²) in [6.45, 7) is 3.10. The highest BCUT2D eigenvalue weighted by atomic mass is 35.5. The van der Waals surface area contributed by atoms with Crippen LogP contribution in [-0.2, 0) is 14.3 Å². The van der Waals surface area contributed by atoms with Crippen LogP contribution in [0.3, 0.4) is 0 Å². The van der Waals surface area contributed by atoms with Crippen LogP contribution in [0.15, 0.2) is 18.3 Å². The van der Waals surface area contributed by atoms with Crippen LogP contribution in [0.1, 0.15) is 56.7 Å². The van der Waals surface area contributed by atoms with Crippen molar-refractivity contribution in [3.05, 3.63) is 34.6 Å². The number of hydrogen-bond donors (Lipinski definition) is 4. The maximum Gasteiger partial charge on any atom is 0.407 e. The summed E-state index contributed by atoms with van der Waals surface area (Å²) in [5, 5.41) is 33.1. The van der Waals surface area contributed by atoms with E-state index in [1.165, 1.54) is 17.8 Å². The molecule has 47 heavy (non-hydrogen) atoms. The van der Waals surface area contributed by atoms with E-state index in [1.807, 2.05) is 11.8 Å². The molecule has 3 heterocycles. The third kappa shape index (κ3) is 8.24. The lowest BCUT2D eigenvalue weighted by Gasteiger charge is -2.40. The summed E-state index contributed by atoms with van der Waals surface area (Å²) in [5.41, 5.74) is 7.82. The van der Waals surface area contributed by atoms with Crippen molar-refractivity contribution in [2.45, 2.75) is 63.6 Å². The SMILES string of the molecule is CCNc1nc(Nc2cc(C#N)cc(N3CC[C@@H](NC(=O)OC)[C@H](OC(=O)C[C@H]4CC[C@H](N)CC4)C3)c2Cl)nn2c(C#N)cnc12.Cl. The van der Waals surface area contributed by atoms with Crippen molar-refractivity contribution in [3.8, 4) is 12.1 Å². The minimum absolute atomic E-state index is 0. The second-order valence-electron chi connectivity index (χ2n) is 11.4. The van der Waals surface area contributed by atoms with E-state index in [2.05, 4.69) is 43.2 Å². The van der Waals surface area contributed by atoms with Crippen molar-refractivity contribution in [1.82, 2.24) is 24.9 Å². The van der Waals surface area contributed by atoms with Crippen LogP contribution in [0.2, 0.25) is 5.02 Å². The summed E-state index contributed by atoms with van der Waals surface area (Å²) >= 11 is 6.95. The van der Waals surface area contributed by atoms with Gasteiger partial charge in [-0.3, -0.25) is 4.79 Å². The van der Waals surface area contributed by atoms with Gasteiger partial charge >= 0.3 is 12.1 Å². The number of halogens is 2. The topological polar surface area (TPSA) is 209 Å². The van der Waals surface area contributed by atoms with Gasteiger partial charge in [-0.2, -0.15) is 20.0 Å². The Balaban J connectivity index is 0.00000500. The molecule has 2 fully saturated rings. The molecule has 17 heteroatoms. The number of nitrogens with one attached hydrogen (secondary N) is 3. The van der Waals surface area contributed by atoms with E-state index in [4.69, 9.17) is 26.8 Å². The summed E-state index contributed by atoms with van der Waals surface area (Å²) in [5.74, 6) is 0.395.